The van der Waals surface area contributed by atoms with Crippen LogP contribution < -0.4 is 5.32 Å². The van der Waals surface area contributed by atoms with Crippen molar-refractivity contribution in [1.82, 2.24) is 15.1 Å². The maximum Gasteiger partial charge on any atom is 0.253 e. The third-order valence-corrected chi connectivity index (χ3v) is 7.05. The van der Waals surface area contributed by atoms with E-state index in [1.165, 1.54) is 0 Å². The number of amides is 2. The quantitative estimate of drug-likeness (QED) is 0.718. The van der Waals surface area contributed by atoms with Gasteiger partial charge in [-0.25, -0.2) is 8.42 Å². The van der Waals surface area contributed by atoms with Gasteiger partial charge in [-0.05, 0) is 12.1 Å². The zero-order chi connectivity index (χ0) is 18.7. The van der Waals surface area contributed by atoms with Gasteiger partial charge in [-0.1, -0.05) is 18.2 Å². The van der Waals surface area contributed by atoms with Crippen molar-refractivity contribution in [2.75, 3.05) is 44.2 Å². The lowest BCUT2D eigenvalue weighted by Gasteiger charge is -2.34. The van der Waals surface area contributed by atoms with Crippen molar-refractivity contribution in [2.24, 2.45) is 0 Å². The van der Waals surface area contributed by atoms with Crippen LogP contribution >= 0.6 is 11.6 Å². The summed E-state index contributed by atoms with van der Waals surface area (Å²) in [5.74, 6) is -0.442. The molecule has 2 saturated heterocycles. The van der Waals surface area contributed by atoms with Gasteiger partial charge in [0.05, 0.1) is 29.5 Å². The normalized spacial score (nSPS) is 25.8. The van der Waals surface area contributed by atoms with E-state index < -0.39 is 21.3 Å². The van der Waals surface area contributed by atoms with E-state index in [2.05, 4.69) is 5.32 Å². The Bertz CT molecular complexity index is 763. The number of hydrogen-bond acceptors (Lipinski definition) is 5. The molecule has 2 atom stereocenters. The minimum absolute atomic E-state index is 0.00385. The van der Waals surface area contributed by atoms with Gasteiger partial charge in [-0.2, -0.15) is 0 Å². The smallest absolute Gasteiger partial charge is 0.253 e. The standard InChI is InChI=1S/C17H22ClN3O4S/c18-14-11-26(24,25)12-15(14)19-16(22)10-20-6-8-21(9-7-20)17(23)13-4-2-1-3-5-13/h1-5,14-15H,6-12H2,(H,19,22)/t14-,15+/m1/s1. The van der Waals surface area contributed by atoms with Crippen LogP contribution in [0, 0.1) is 0 Å². The van der Waals surface area contributed by atoms with E-state index in [1.54, 1.807) is 17.0 Å². The molecule has 0 spiro atoms. The zero-order valence-corrected chi connectivity index (χ0v) is 15.9. The number of piperazine rings is 1. The van der Waals surface area contributed by atoms with Crippen molar-refractivity contribution in [2.45, 2.75) is 11.4 Å². The average molecular weight is 400 g/mol. The summed E-state index contributed by atoms with van der Waals surface area (Å²) in [5.41, 5.74) is 0.661. The van der Waals surface area contributed by atoms with Crippen molar-refractivity contribution in [1.29, 1.82) is 0 Å². The lowest BCUT2D eigenvalue weighted by molar-refractivity contribution is -0.123. The highest BCUT2D eigenvalue weighted by atomic mass is 35.5. The second kappa shape index (κ2) is 7.94. The third kappa shape index (κ3) is 4.75. The summed E-state index contributed by atoms with van der Waals surface area (Å²) in [5, 5.41) is 2.14. The van der Waals surface area contributed by atoms with Gasteiger partial charge in [0, 0.05) is 31.7 Å². The molecule has 0 radical (unpaired) electrons. The van der Waals surface area contributed by atoms with Crippen molar-refractivity contribution in [3.63, 3.8) is 0 Å². The number of carbonyl (C=O) groups is 2. The van der Waals surface area contributed by atoms with E-state index in [-0.39, 0.29) is 29.9 Å². The number of benzene rings is 1. The predicted octanol–water partition coefficient (Wildman–Crippen LogP) is -0.0350. The van der Waals surface area contributed by atoms with Gasteiger partial charge in [0.2, 0.25) is 5.91 Å². The molecule has 7 nitrogen and oxygen atoms in total. The molecule has 0 aliphatic carbocycles. The van der Waals surface area contributed by atoms with Gasteiger partial charge in [-0.15, -0.1) is 11.6 Å². The molecule has 2 amide bonds. The van der Waals surface area contributed by atoms with Crippen molar-refractivity contribution in [3.8, 4) is 0 Å². The first-order valence-corrected chi connectivity index (χ1v) is 10.8. The maximum absolute atomic E-state index is 12.4. The summed E-state index contributed by atoms with van der Waals surface area (Å²) in [6.07, 6.45) is 0. The number of hydrogen-bond donors (Lipinski definition) is 1. The molecule has 0 bridgehead atoms. The fraction of sp³-hybridized carbons (Fsp3) is 0.529. The second-order valence-electron chi connectivity index (χ2n) is 6.70. The van der Waals surface area contributed by atoms with Gasteiger partial charge in [0.1, 0.15) is 0 Å². The monoisotopic (exact) mass is 399 g/mol. The topological polar surface area (TPSA) is 86.8 Å². The molecule has 2 heterocycles. The first-order valence-electron chi connectivity index (χ1n) is 8.54. The summed E-state index contributed by atoms with van der Waals surface area (Å²) in [6, 6.07) is 8.59. The van der Waals surface area contributed by atoms with Crippen LogP contribution in [0.4, 0.5) is 0 Å². The van der Waals surface area contributed by atoms with Crippen molar-refractivity contribution >= 4 is 33.3 Å². The molecule has 0 saturated carbocycles. The van der Waals surface area contributed by atoms with Gasteiger partial charge < -0.3 is 10.2 Å². The SMILES string of the molecule is O=C(CN1CCN(C(=O)c2ccccc2)CC1)N[C@H]1CS(=O)(=O)C[C@H]1Cl. The second-order valence-corrected chi connectivity index (χ2v) is 9.42. The minimum atomic E-state index is -3.17. The number of sulfone groups is 1. The summed E-state index contributed by atoms with van der Waals surface area (Å²) in [6.45, 7) is 2.47. The fourth-order valence-electron chi connectivity index (χ4n) is 3.26. The van der Waals surface area contributed by atoms with Crippen LogP contribution in [0.15, 0.2) is 30.3 Å². The molecule has 2 aliphatic rings. The van der Waals surface area contributed by atoms with E-state index >= 15 is 0 Å². The van der Waals surface area contributed by atoms with Crippen LogP contribution in [0.3, 0.4) is 0 Å². The molecule has 2 aliphatic heterocycles. The average Bonchev–Trinajstić information content (AvgIpc) is 2.87. The molecular weight excluding hydrogens is 378 g/mol. The molecule has 142 valence electrons. The molecular formula is C17H22ClN3O4S. The Balaban J connectivity index is 1.45. The van der Waals surface area contributed by atoms with Gasteiger partial charge in [0.15, 0.2) is 9.84 Å². The van der Waals surface area contributed by atoms with Gasteiger partial charge in [-0.3, -0.25) is 14.5 Å². The molecule has 0 unspecified atom stereocenters. The molecule has 1 aromatic carbocycles. The van der Waals surface area contributed by atoms with Crippen LogP contribution in [0.1, 0.15) is 10.4 Å². The Morgan fingerprint density at radius 3 is 2.31 bits per heavy atom. The molecule has 9 heteroatoms. The fourth-order valence-corrected chi connectivity index (χ4v) is 5.81. The molecule has 3 rings (SSSR count). The summed E-state index contributed by atoms with van der Waals surface area (Å²) < 4.78 is 23.1. The lowest BCUT2D eigenvalue weighted by Crippen LogP contribution is -2.52. The number of carbonyl (C=O) groups excluding carboxylic acids is 2. The first kappa shape index (κ1) is 19.1. The van der Waals surface area contributed by atoms with Crippen LogP contribution in [0.25, 0.3) is 0 Å². The molecule has 1 aromatic rings. The highest BCUT2D eigenvalue weighted by Crippen LogP contribution is 2.18. The van der Waals surface area contributed by atoms with E-state index in [0.717, 1.165) is 0 Å². The van der Waals surface area contributed by atoms with E-state index in [0.29, 0.717) is 31.7 Å². The Morgan fingerprint density at radius 1 is 1.08 bits per heavy atom. The highest BCUT2D eigenvalue weighted by molar-refractivity contribution is 7.91. The Morgan fingerprint density at radius 2 is 1.73 bits per heavy atom. The summed E-state index contributed by atoms with van der Waals surface area (Å²) in [4.78, 5) is 28.3. The van der Waals surface area contributed by atoms with Gasteiger partial charge in [0.25, 0.3) is 5.91 Å². The third-order valence-electron chi connectivity index (χ3n) is 4.68. The summed E-state index contributed by atoms with van der Waals surface area (Å²) in [7, 11) is -3.17. The van der Waals surface area contributed by atoms with E-state index in [4.69, 9.17) is 11.6 Å². The number of rotatable bonds is 4. The predicted molar refractivity (Wildman–Crippen MR) is 99.0 cm³/mol. The van der Waals surface area contributed by atoms with Crippen LogP contribution in [0.5, 0.6) is 0 Å². The van der Waals surface area contributed by atoms with Crippen molar-refractivity contribution in [3.05, 3.63) is 35.9 Å². The number of nitrogens with one attached hydrogen (secondary N) is 1. The van der Waals surface area contributed by atoms with Gasteiger partial charge >= 0.3 is 0 Å². The number of halogens is 1. The largest absolute Gasteiger partial charge is 0.350 e. The molecule has 26 heavy (non-hydrogen) atoms. The Kier molecular flexibility index (Phi) is 5.84. The highest BCUT2D eigenvalue weighted by Gasteiger charge is 2.37. The Hall–Kier alpha value is -1.64. The Labute approximate surface area is 158 Å². The molecule has 1 N–H and O–H groups in total. The zero-order valence-electron chi connectivity index (χ0n) is 14.3. The van der Waals surface area contributed by atoms with Crippen LogP contribution in [0.2, 0.25) is 0 Å². The van der Waals surface area contributed by atoms with Crippen molar-refractivity contribution < 1.29 is 18.0 Å². The molecule has 2 fully saturated rings. The van der Waals surface area contributed by atoms with Crippen LogP contribution in [-0.2, 0) is 14.6 Å². The number of alkyl halides is 1. The first-order chi connectivity index (χ1) is 12.3. The van der Waals surface area contributed by atoms with Crippen LogP contribution in [-0.4, -0.2) is 85.7 Å². The lowest BCUT2D eigenvalue weighted by atomic mass is 10.2. The molecule has 0 aromatic heterocycles. The van der Waals surface area contributed by atoms with E-state index in [9.17, 15) is 18.0 Å². The minimum Gasteiger partial charge on any atom is -0.350 e. The van der Waals surface area contributed by atoms with E-state index in [1.807, 2.05) is 23.1 Å². The maximum atomic E-state index is 12.4. The summed E-state index contributed by atoms with van der Waals surface area (Å²) >= 11 is 6.01. The number of nitrogens with zero attached hydrogens (tertiary/aromatic N) is 2.